The van der Waals surface area contributed by atoms with E-state index in [4.69, 9.17) is 9.84 Å². The Bertz CT molecular complexity index is 1260. The molecule has 41 heavy (non-hydrogen) atoms. The van der Waals surface area contributed by atoms with E-state index in [2.05, 4.69) is 10.6 Å². The van der Waals surface area contributed by atoms with E-state index in [-0.39, 0.29) is 24.4 Å². The molecule has 1 saturated heterocycles. The number of nitrogens with one attached hydrogen (secondary N) is 2. The third-order valence-electron chi connectivity index (χ3n) is 7.55. The quantitative estimate of drug-likeness (QED) is 0.314. The first-order chi connectivity index (χ1) is 19.1. The minimum atomic E-state index is -1.18. The molecule has 2 aromatic carbocycles. The number of hydrogen-bond acceptors (Lipinski definition) is 5. The number of nitrogens with zero attached hydrogens (tertiary/aromatic N) is 2. The second-order valence-electron chi connectivity index (χ2n) is 10.9. The molecule has 4 rings (SSSR count). The summed E-state index contributed by atoms with van der Waals surface area (Å²) in [6, 6.07) is 13.1. The fourth-order valence-corrected chi connectivity index (χ4v) is 5.61. The van der Waals surface area contributed by atoms with E-state index >= 15 is 0 Å². The van der Waals surface area contributed by atoms with Crippen LogP contribution in [0.25, 0.3) is 16.5 Å². The zero-order valence-electron chi connectivity index (χ0n) is 23.1. The van der Waals surface area contributed by atoms with Crippen molar-refractivity contribution in [3.05, 3.63) is 65.1 Å². The average molecular weight is 810 g/mol. The summed E-state index contributed by atoms with van der Waals surface area (Å²) < 4.78 is 5.65. The smallest absolute Gasteiger partial charge is 0.407 e. The minimum absolute atomic E-state index is 0. The molecule has 2 aromatic rings. The fraction of sp³-hybridized carbons (Fsp3) is 0.433. The van der Waals surface area contributed by atoms with Gasteiger partial charge in [-0.1, -0.05) is 69.3 Å². The van der Waals surface area contributed by atoms with Gasteiger partial charge in [0.05, 0.1) is 6.42 Å². The molecule has 10 nitrogen and oxygen atoms in total. The van der Waals surface area contributed by atoms with Crippen molar-refractivity contribution >= 4 is 30.1 Å². The molecule has 1 heterocycles. The molecule has 1 aliphatic carbocycles. The molecular weight excluding hydrogens is 774 g/mol. The predicted molar refractivity (Wildman–Crippen MR) is 150 cm³/mol. The van der Waals surface area contributed by atoms with Gasteiger partial charge in [-0.15, -0.1) is 0 Å². The second kappa shape index (κ2) is 12.8. The van der Waals surface area contributed by atoms with Crippen molar-refractivity contribution in [2.45, 2.75) is 57.7 Å². The van der Waals surface area contributed by atoms with Gasteiger partial charge >= 0.3 is 12.1 Å². The van der Waals surface area contributed by atoms with Crippen molar-refractivity contribution in [2.75, 3.05) is 13.2 Å². The van der Waals surface area contributed by atoms with Gasteiger partial charge in [0.15, 0.2) is 0 Å². The van der Waals surface area contributed by atoms with Crippen molar-refractivity contribution in [1.29, 1.82) is 0 Å². The number of carboxylic acids is 1. The second-order valence-corrected chi connectivity index (χ2v) is 10.9. The van der Waals surface area contributed by atoms with Crippen molar-refractivity contribution in [1.82, 2.24) is 15.5 Å². The van der Waals surface area contributed by atoms with Crippen LogP contribution in [0.4, 0.5) is 4.79 Å². The number of hydrogen-bond donors (Lipinski definition) is 3. The predicted octanol–water partition coefficient (Wildman–Crippen LogP) is 3.39. The number of fused-ring (bicyclic) bond motifs is 3. The maximum Gasteiger partial charge on any atom is 0.407 e. The van der Waals surface area contributed by atoms with Crippen LogP contribution in [0.2, 0.25) is 0 Å². The number of benzene rings is 2. The van der Waals surface area contributed by atoms with E-state index < -0.39 is 48.4 Å². The van der Waals surface area contributed by atoms with E-state index in [1.807, 2.05) is 55.5 Å². The normalized spacial score (nSPS) is 18.9. The summed E-state index contributed by atoms with van der Waals surface area (Å²) in [6.45, 7) is 5.91. The molecule has 0 spiro atoms. The summed E-state index contributed by atoms with van der Waals surface area (Å²) >= 11 is 0. The van der Waals surface area contributed by atoms with Gasteiger partial charge in [-0.25, -0.2) is 4.79 Å². The molecular formula is C30H35LrN4O6-. The molecule has 0 bridgehead atoms. The zero-order valence-corrected chi connectivity index (χ0v) is 25.3. The molecule has 1 radical (unpaired) electrons. The van der Waals surface area contributed by atoms with Crippen LogP contribution in [0.5, 0.6) is 0 Å². The Morgan fingerprint density at radius 3 is 2.17 bits per heavy atom. The van der Waals surface area contributed by atoms with Crippen LogP contribution in [0.1, 0.15) is 50.7 Å². The number of carbonyl (C=O) groups is 4. The summed E-state index contributed by atoms with van der Waals surface area (Å²) in [5.41, 5.74) is 4.38. The minimum Gasteiger partial charge on any atom is -0.813 e. The Morgan fingerprint density at radius 2 is 1.63 bits per heavy atom. The number of ether oxygens (including phenoxy) is 1. The molecule has 0 unspecified atom stereocenters. The van der Waals surface area contributed by atoms with Crippen molar-refractivity contribution in [2.24, 2.45) is 11.8 Å². The molecule has 0 saturated carbocycles. The first kappa shape index (κ1) is 30.3. The Balaban J connectivity index is 0.00000462. The van der Waals surface area contributed by atoms with Crippen LogP contribution in [0.3, 0.4) is 0 Å². The Morgan fingerprint density at radius 1 is 1.05 bits per heavy atom. The standard InChI is InChI=1S/C30H35N4O6.Lr/c1-17(2)27(29(38)34-15-18(3)12-25(34)28(37)32-19(14-31)13-26(35)36)33-30(39)40-16-24-22-10-6-4-8-20(22)21-9-5-7-11-23(21)24;/h4-11,14,17-19,24-25,27H,12-13,15-16H2,1-3H3,(H,32,37)(H,33,39)(H,35,36);/q-1;/t18-,19+,25+,27+;/m1./s1. The number of amides is 3. The van der Waals surface area contributed by atoms with E-state index in [0.717, 1.165) is 22.3 Å². The van der Waals surface area contributed by atoms with Gasteiger partial charge < -0.3 is 30.8 Å². The monoisotopic (exact) mass is 809 g/mol. The molecule has 4 atom stereocenters. The molecule has 0 aromatic heterocycles. The van der Waals surface area contributed by atoms with Crippen LogP contribution in [-0.4, -0.2) is 71.4 Å². The van der Waals surface area contributed by atoms with Crippen molar-refractivity contribution in [3.63, 3.8) is 0 Å². The van der Waals surface area contributed by atoms with Crippen molar-refractivity contribution < 1.29 is 29.0 Å². The van der Waals surface area contributed by atoms with Gasteiger partial charge in [0.2, 0.25) is 11.8 Å². The molecule has 2 aliphatic rings. The van der Waals surface area contributed by atoms with Gasteiger partial charge in [0.1, 0.15) is 18.7 Å². The van der Waals surface area contributed by atoms with E-state index in [9.17, 15) is 24.6 Å². The summed E-state index contributed by atoms with van der Waals surface area (Å²) in [5, 5.41) is 23.6. The number of rotatable bonds is 10. The number of alkyl carbamates (subject to hydrolysis) is 1. The first-order valence-corrected chi connectivity index (χ1v) is 13.5. The topological polar surface area (TPSA) is 147 Å². The summed E-state index contributed by atoms with van der Waals surface area (Å²) in [6.07, 6.45) is -0.222. The molecule has 1 aliphatic heterocycles. The number of aliphatic carboxylic acids is 1. The van der Waals surface area contributed by atoms with E-state index in [1.165, 1.54) is 4.90 Å². The number of carbonyl (C=O) groups excluding carboxylic acids is 3. The van der Waals surface area contributed by atoms with Gasteiger partial charge in [-0.05, 0) is 40.5 Å². The van der Waals surface area contributed by atoms with Gasteiger partial charge in [-0.2, -0.15) is 6.21 Å². The largest absolute Gasteiger partial charge is 0.813 e. The third kappa shape index (κ3) is 6.51. The summed E-state index contributed by atoms with van der Waals surface area (Å²) in [4.78, 5) is 52.0. The van der Waals surface area contributed by atoms with E-state index in [0.29, 0.717) is 19.2 Å². The molecule has 3 amide bonds. The fourth-order valence-electron chi connectivity index (χ4n) is 5.61. The van der Waals surface area contributed by atoms with Gasteiger partial charge in [0, 0.05) is 18.5 Å². The molecule has 227 valence electrons. The Hall–Kier alpha value is -5.21. The summed E-state index contributed by atoms with van der Waals surface area (Å²) in [7, 11) is 0. The van der Waals surface area contributed by atoms with Crippen LogP contribution >= 0.6 is 0 Å². The average Bonchev–Trinajstić information content (AvgIpc) is 3.47. The number of likely N-dealkylation sites (tertiary alicyclic amines) is 1. The van der Waals surface area contributed by atoms with Crippen LogP contribution < -0.4 is 10.6 Å². The van der Waals surface area contributed by atoms with Gasteiger partial charge in [-0.3, -0.25) is 14.4 Å². The Kier molecular flexibility index (Phi) is 9.44. The maximum atomic E-state index is 13.6. The molecule has 1 fully saturated rings. The third-order valence-corrected chi connectivity index (χ3v) is 7.55. The Labute approximate surface area is 233 Å². The number of carboxylic acid groups (broad SMARTS) is 1. The van der Waals surface area contributed by atoms with E-state index in [1.54, 1.807) is 13.8 Å². The molecule has 11 heteroatoms. The van der Waals surface area contributed by atoms with Gasteiger partial charge in [0.25, 0.3) is 0 Å². The summed E-state index contributed by atoms with van der Waals surface area (Å²) in [5.74, 6) is -2.57. The zero-order chi connectivity index (χ0) is 29.0. The van der Waals surface area contributed by atoms with Crippen LogP contribution in [0, 0.1) is 11.8 Å². The van der Waals surface area contributed by atoms with Crippen molar-refractivity contribution in [3.8, 4) is 11.1 Å². The SMILES string of the molecule is CC(C)[C@H](NC(=O)OCC1c2ccccc2-c2ccccc21)C(=O)N1C[C@H](C)C[C@H]1C(=O)N[C@H](C=[N-])CC(=O)O.[Lr]. The maximum absolute atomic E-state index is 13.6. The first-order valence-electron chi connectivity index (χ1n) is 13.5. The molecule has 3 N–H and O–H groups in total. The van der Waals surface area contributed by atoms with Crippen LogP contribution in [-0.2, 0) is 19.1 Å². The van der Waals surface area contributed by atoms with Crippen LogP contribution in [0.15, 0.2) is 48.5 Å².